The van der Waals surface area contributed by atoms with E-state index in [1.807, 2.05) is 0 Å². The number of furan rings is 1. The summed E-state index contributed by atoms with van der Waals surface area (Å²) in [7, 11) is 0. The number of hydrogen-bond acceptors (Lipinski definition) is 3. The van der Waals surface area contributed by atoms with Crippen LogP contribution in [0, 0.1) is 18.6 Å². The van der Waals surface area contributed by atoms with Crippen molar-refractivity contribution in [2.75, 3.05) is 6.54 Å². The number of aryl methyl sites for hydroxylation is 2. The van der Waals surface area contributed by atoms with E-state index in [4.69, 9.17) is 4.42 Å². The summed E-state index contributed by atoms with van der Waals surface area (Å²) in [6.07, 6.45) is 1.20. The molecule has 1 unspecified atom stereocenters. The zero-order chi connectivity index (χ0) is 17.7. The highest BCUT2D eigenvalue weighted by atomic mass is 19.2. The first-order valence-electron chi connectivity index (χ1n) is 7.78. The molecule has 0 spiro atoms. The molecule has 24 heavy (non-hydrogen) atoms. The number of rotatable bonds is 7. The van der Waals surface area contributed by atoms with Crippen molar-refractivity contribution in [3.8, 4) is 0 Å². The molecule has 0 radical (unpaired) electrons. The quantitative estimate of drug-likeness (QED) is 0.815. The van der Waals surface area contributed by atoms with Crippen LogP contribution in [0.4, 0.5) is 8.78 Å². The van der Waals surface area contributed by atoms with E-state index in [2.05, 4.69) is 5.32 Å². The summed E-state index contributed by atoms with van der Waals surface area (Å²) in [5.41, 5.74) is -0.649. The van der Waals surface area contributed by atoms with E-state index in [0.717, 1.165) is 12.1 Å². The van der Waals surface area contributed by atoms with Crippen LogP contribution in [0.3, 0.4) is 0 Å². The lowest BCUT2D eigenvalue weighted by atomic mass is 10.0. The number of amides is 1. The lowest BCUT2D eigenvalue weighted by Crippen LogP contribution is -2.38. The molecule has 0 saturated heterocycles. The molecule has 0 aliphatic heterocycles. The van der Waals surface area contributed by atoms with Crippen LogP contribution in [0.25, 0.3) is 0 Å². The van der Waals surface area contributed by atoms with Gasteiger partial charge in [0.25, 0.3) is 0 Å². The fraction of sp³-hybridized carbons (Fsp3) is 0.389. The Balaban J connectivity index is 1.76. The van der Waals surface area contributed by atoms with Crippen LogP contribution in [-0.4, -0.2) is 17.6 Å². The summed E-state index contributed by atoms with van der Waals surface area (Å²) in [4.78, 5) is 11.9. The first-order valence-corrected chi connectivity index (χ1v) is 7.78. The predicted octanol–water partition coefficient (Wildman–Crippen LogP) is 3.21. The Labute approximate surface area is 139 Å². The first kappa shape index (κ1) is 18.1. The molecule has 1 amide bonds. The third kappa shape index (κ3) is 4.89. The zero-order valence-electron chi connectivity index (χ0n) is 13.7. The van der Waals surface area contributed by atoms with Crippen molar-refractivity contribution in [3.05, 3.63) is 59.1 Å². The van der Waals surface area contributed by atoms with Crippen molar-refractivity contribution in [3.63, 3.8) is 0 Å². The largest absolute Gasteiger partial charge is 0.463 e. The summed E-state index contributed by atoms with van der Waals surface area (Å²) in [5.74, 6) is -0.917. The summed E-state index contributed by atoms with van der Waals surface area (Å²) < 4.78 is 31.3. The maximum Gasteiger partial charge on any atom is 0.220 e. The van der Waals surface area contributed by atoms with E-state index < -0.39 is 17.2 Å². The van der Waals surface area contributed by atoms with E-state index in [1.165, 1.54) is 6.07 Å². The summed E-state index contributed by atoms with van der Waals surface area (Å²) in [6.45, 7) is 3.37. The third-order valence-electron chi connectivity index (χ3n) is 3.75. The molecule has 1 aromatic heterocycles. The maximum atomic E-state index is 13.1. The highest BCUT2D eigenvalue weighted by Crippen LogP contribution is 2.22. The predicted molar refractivity (Wildman–Crippen MR) is 85.3 cm³/mol. The van der Waals surface area contributed by atoms with Crippen LogP contribution in [0.2, 0.25) is 0 Å². The Hall–Kier alpha value is -2.21. The molecule has 4 nitrogen and oxygen atoms in total. The van der Waals surface area contributed by atoms with Gasteiger partial charge in [0.05, 0.1) is 6.54 Å². The summed E-state index contributed by atoms with van der Waals surface area (Å²) >= 11 is 0. The van der Waals surface area contributed by atoms with Crippen LogP contribution in [0.1, 0.15) is 36.8 Å². The number of aliphatic hydroxyl groups is 1. The maximum absolute atomic E-state index is 13.1. The normalized spacial score (nSPS) is 13.5. The van der Waals surface area contributed by atoms with Crippen LogP contribution in [0.5, 0.6) is 0 Å². The van der Waals surface area contributed by atoms with Gasteiger partial charge in [-0.1, -0.05) is 6.07 Å². The Morgan fingerprint density at radius 2 is 2.00 bits per heavy atom. The molecule has 0 fully saturated rings. The molecule has 1 heterocycles. The topological polar surface area (TPSA) is 62.5 Å². The Morgan fingerprint density at radius 1 is 1.25 bits per heavy atom. The van der Waals surface area contributed by atoms with Gasteiger partial charge < -0.3 is 14.8 Å². The van der Waals surface area contributed by atoms with E-state index in [9.17, 15) is 18.7 Å². The molecule has 6 heteroatoms. The minimum absolute atomic E-state index is 0.0317. The molecule has 1 aromatic carbocycles. The lowest BCUT2D eigenvalue weighted by Gasteiger charge is -2.21. The fourth-order valence-electron chi connectivity index (χ4n) is 2.32. The summed E-state index contributed by atoms with van der Waals surface area (Å²) in [6, 6.07) is 7.13. The smallest absolute Gasteiger partial charge is 0.220 e. The molecule has 130 valence electrons. The molecule has 2 rings (SSSR count). The van der Waals surface area contributed by atoms with Gasteiger partial charge in [-0.15, -0.1) is 0 Å². The van der Waals surface area contributed by atoms with Crippen molar-refractivity contribution in [1.82, 2.24) is 5.32 Å². The van der Waals surface area contributed by atoms with Crippen LogP contribution < -0.4 is 5.32 Å². The first-order chi connectivity index (χ1) is 11.3. The van der Waals surface area contributed by atoms with E-state index in [0.29, 0.717) is 29.9 Å². The fourth-order valence-corrected chi connectivity index (χ4v) is 2.32. The molecule has 0 saturated carbocycles. The average molecular weight is 337 g/mol. The van der Waals surface area contributed by atoms with E-state index in [-0.39, 0.29) is 18.9 Å². The second-order valence-electron chi connectivity index (χ2n) is 6.06. The van der Waals surface area contributed by atoms with Gasteiger partial charge in [-0.25, -0.2) is 8.78 Å². The molecule has 1 atom stereocenters. The zero-order valence-corrected chi connectivity index (χ0v) is 13.7. The Kier molecular flexibility index (Phi) is 5.72. The van der Waals surface area contributed by atoms with Crippen molar-refractivity contribution >= 4 is 5.91 Å². The Morgan fingerprint density at radius 3 is 2.62 bits per heavy atom. The standard InChI is InChI=1S/C18H21F2NO3/c1-12-6-9-16(24-12)18(2,23)11-21-17(22)5-3-4-13-7-8-14(19)15(20)10-13/h6-10,23H,3-5,11H2,1-2H3,(H,21,22). The van der Waals surface area contributed by atoms with Crippen molar-refractivity contribution < 1.29 is 23.1 Å². The second kappa shape index (κ2) is 7.57. The average Bonchev–Trinajstić information content (AvgIpc) is 2.96. The highest BCUT2D eigenvalue weighted by Gasteiger charge is 2.27. The van der Waals surface area contributed by atoms with Crippen LogP contribution in [0.15, 0.2) is 34.7 Å². The van der Waals surface area contributed by atoms with Gasteiger partial charge in [-0.3, -0.25) is 4.79 Å². The number of nitrogens with one attached hydrogen (secondary N) is 1. The SMILES string of the molecule is Cc1ccc(C(C)(O)CNC(=O)CCCc2ccc(F)c(F)c2)o1. The number of halogens is 2. The van der Waals surface area contributed by atoms with Crippen molar-refractivity contribution in [2.24, 2.45) is 0 Å². The Bertz CT molecular complexity index is 710. The molecule has 2 N–H and O–H groups in total. The number of hydrogen-bond donors (Lipinski definition) is 2. The summed E-state index contributed by atoms with van der Waals surface area (Å²) in [5, 5.41) is 13.0. The van der Waals surface area contributed by atoms with Crippen molar-refractivity contribution in [2.45, 2.75) is 38.7 Å². The number of carbonyl (C=O) groups excluding carboxylic acids is 1. The van der Waals surface area contributed by atoms with Gasteiger partial charge in [-0.2, -0.15) is 0 Å². The minimum Gasteiger partial charge on any atom is -0.463 e. The second-order valence-corrected chi connectivity index (χ2v) is 6.06. The monoisotopic (exact) mass is 337 g/mol. The molecular formula is C18H21F2NO3. The minimum atomic E-state index is -1.29. The molecular weight excluding hydrogens is 316 g/mol. The van der Waals surface area contributed by atoms with Gasteiger partial charge in [0, 0.05) is 6.42 Å². The number of carbonyl (C=O) groups is 1. The molecule has 0 aliphatic carbocycles. The van der Waals surface area contributed by atoms with Gasteiger partial charge in [0.15, 0.2) is 11.6 Å². The molecule has 2 aromatic rings. The molecule has 0 aliphatic rings. The molecule has 0 bridgehead atoms. The van der Waals surface area contributed by atoms with Crippen molar-refractivity contribution in [1.29, 1.82) is 0 Å². The lowest BCUT2D eigenvalue weighted by molar-refractivity contribution is -0.122. The van der Waals surface area contributed by atoms with Crippen LogP contribution in [-0.2, 0) is 16.8 Å². The van der Waals surface area contributed by atoms with Gasteiger partial charge in [0.1, 0.15) is 17.1 Å². The van der Waals surface area contributed by atoms with Gasteiger partial charge in [-0.05, 0) is 56.5 Å². The third-order valence-corrected chi connectivity index (χ3v) is 3.75. The van der Waals surface area contributed by atoms with Crippen LogP contribution >= 0.6 is 0 Å². The van der Waals surface area contributed by atoms with E-state index >= 15 is 0 Å². The van der Waals surface area contributed by atoms with E-state index in [1.54, 1.807) is 26.0 Å². The van der Waals surface area contributed by atoms with Gasteiger partial charge in [0.2, 0.25) is 5.91 Å². The highest BCUT2D eigenvalue weighted by molar-refractivity contribution is 5.75. The number of benzene rings is 1. The van der Waals surface area contributed by atoms with Gasteiger partial charge >= 0.3 is 0 Å².